The number of hydrogen-bond donors (Lipinski definition) is 1. The van der Waals surface area contributed by atoms with Crippen LogP contribution in [-0.2, 0) is 19.4 Å². The van der Waals surface area contributed by atoms with E-state index < -0.39 is 0 Å². The van der Waals surface area contributed by atoms with Crippen LogP contribution < -0.4 is 14.8 Å². The summed E-state index contributed by atoms with van der Waals surface area (Å²) >= 11 is 0. The lowest BCUT2D eigenvalue weighted by molar-refractivity contribution is 0.171. The fourth-order valence-electron chi connectivity index (χ4n) is 3.81. The van der Waals surface area contributed by atoms with Crippen LogP contribution >= 0.6 is 0 Å². The smallest absolute Gasteiger partial charge is 0.227 e. The van der Waals surface area contributed by atoms with Crippen molar-refractivity contribution in [2.75, 3.05) is 31.6 Å². The Kier molecular flexibility index (Phi) is 5.01. The lowest BCUT2D eigenvalue weighted by atomic mass is 10.1. The van der Waals surface area contributed by atoms with Gasteiger partial charge in [0.1, 0.15) is 13.2 Å². The highest BCUT2D eigenvalue weighted by Gasteiger charge is 2.19. The maximum Gasteiger partial charge on any atom is 0.227 e. The van der Waals surface area contributed by atoms with Crippen LogP contribution in [0.1, 0.15) is 16.8 Å². The van der Waals surface area contributed by atoms with Crippen molar-refractivity contribution >= 4 is 11.6 Å². The van der Waals surface area contributed by atoms with Gasteiger partial charge in [-0.3, -0.25) is 4.90 Å². The van der Waals surface area contributed by atoms with Crippen molar-refractivity contribution in [3.63, 3.8) is 0 Å². The number of anilines is 2. The van der Waals surface area contributed by atoms with Crippen molar-refractivity contribution in [3.05, 3.63) is 71.5 Å². The second kappa shape index (κ2) is 8.09. The van der Waals surface area contributed by atoms with Gasteiger partial charge in [-0.2, -0.15) is 0 Å². The zero-order valence-corrected chi connectivity index (χ0v) is 16.3. The molecular formula is C23H24N4O2. The van der Waals surface area contributed by atoms with Gasteiger partial charge in [-0.1, -0.05) is 30.3 Å². The highest BCUT2D eigenvalue weighted by Crippen LogP contribution is 2.33. The van der Waals surface area contributed by atoms with Crippen LogP contribution in [-0.4, -0.2) is 41.2 Å². The largest absolute Gasteiger partial charge is 0.486 e. The monoisotopic (exact) mass is 388 g/mol. The molecule has 6 nitrogen and oxygen atoms in total. The molecule has 0 fully saturated rings. The van der Waals surface area contributed by atoms with Crippen LogP contribution in [0.2, 0.25) is 0 Å². The van der Waals surface area contributed by atoms with E-state index >= 15 is 0 Å². The molecule has 2 aromatic carbocycles. The van der Waals surface area contributed by atoms with Crippen molar-refractivity contribution in [1.82, 2.24) is 14.9 Å². The fourth-order valence-corrected chi connectivity index (χ4v) is 3.81. The quantitative estimate of drug-likeness (QED) is 0.721. The van der Waals surface area contributed by atoms with E-state index in [4.69, 9.17) is 14.5 Å². The Labute approximate surface area is 170 Å². The first kappa shape index (κ1) is 17.9. The summed E-state index contributed by atoms with van der Waals surface area (Å²) in [5.74, 6) is 2.16. The molecule has 0 saturated heterocycles. The topological polar surface area (TPSA) is 59.5 Å². The third-order valence-corrected chi connectivity index (χ3v) is 5.37. The minimum atomic E-state index is 0.576. The molecule has 3 aromatic rings. The summed E-state index contributed by atoms with van der Waals surface area (Å²) < 4.78 is 11.2. The maximum absolute atomic E-state index is 5.65. The molecule has 1 aromatic heterocycles. The lowest BCUT2D eigenvalue weighted by Gasteiger charge is -2.28. The summed E-state index contributed by atoms with van der Waals surface area (Å²) in [6, 6.07) is 16.5. The Morgan fingerprint density at radius 3 is 2.76 bits per heavy atom. The Morgan fingerprint density at radius 2 is 1.86 bits per heavy atom. The van der Waals surface area contributed by atoms with Gasteiger partial charge in [0.05, 0.1) is 5.69 Å². The van der Waals surface area contributed by atoms with E-state index in [2.05, 4.69) is 45.5 Å². The summed E-state index contributed by atoms with van der Waals surface area (Å²) in [7, 11) is 0. The van der Waals surface area contributed by atoms with Gasteiger partial charge in [-0.05, 0) is 24.1 Å². The van der Waals surface area contributed by atoms with Gasteiger partial charge in [0.15, 0.2) is 11.5 Å². The van der Waals surface area contributed by atoms with Gasteiger partial charge in [-0.15, -0.1) is 0 Å². The molecule has 2 aliphatic rings. The van der Waals surface area contributed by atoms with E-state index in [0.29, 0.717) is 19.2 Å². The molecule has 29 heavy (non-hydrogen) atoms. The van der Waals surface area contributed by atoms with Gasteiger partial charge in [0.25, 0.3) is 0 Å². The molecular weight excluding hydrogens is 364 g/mol. The van der Waals surface area contributed by atoms with Gasteiger partial charge in [0, 0.05) is 49.6 Å². The second-order valence-corrected chi connectivity index (χ2v) is 7.41. The van der Waals surface area contributed by atoms with Gasteiger partial charge in [0.2, 0.25) is 5.95 Å². The van der Waals surface area contributed by atoms with E-state index in [1.54, 1.807) is 0 Å². The van der Waals surface area contributed by atoms with Gasteiger partial charge < -0.3 is 14.8 Å². The van der Waals surface area contributed by atoms with Crippen LogP contribution in [0.4, 0.5) is 11.6 Å². The molecule has 0 aliphatic carbocycles. The molecule has 0 unspecified atom stereocenters. The average molecular weight is 388 g/mol. The lowest BCUT2D eigenvalue weighted by Crippen LogP contribution is -2.33. The Balaban J connectivity index is 1.23. The highest BCUT2D eigenvalue weighted by atomic mass is 16.6. The first-order chi connectivity index (χ1) is 14.3. The number of rotatable bonds is 5. The standard InChI is InChI=1S/C23H24N4O2/c1-2-4-17(5-3-1)8-10-27-11-9-20-18(16-27)15-24-23(26-20)25-19-6-7-21-22(14-19)29-13-12-28-21/h1-7,14-15H,8-13,16H2,(H,24,25,26). The molecule has 0 saturated carbocycles. The first-order valence-corrected chi connectivity index (χ1v) is 10.1. The number of nitrogens with zero attached hydrogens (tertiary/aromatic N) is 3. The normalized spacial score (nSPS) is 15.6. The Bertz CT molecular complexity index is 993. The van der Waals surface area contributed by atoms with E-state index in [-0.39, 0.29) is 0 Å². The first-order valence-electron chi connectivity index (χ1n) is 10.1. The zero-order chi connectivity index (χ0) is 19.5. The van der Waals surface area contributed by atoms with Crippen LogP contribution in [0.15, 0.2) is 54.7 Å². The third-order valence-electron chi connectivity index (χ3n) is 5.37. The Morgan fingerprint density at radius 1 is 1.00 bits per heavy atom. The SMILES string of the molecule is c1ccc(CCN2CCc3nc(Nc4ccc5c(c4)OCCO5)ncc3C2)cc1. The van der Waals surface area contributed by atoms with Crippen molar-refractivity contribution in [3.8, 4) is 11.5 Å². The molecule has 148 valence electrons. The van der Waals surface area contributed by atoms with E-state index in [1.165, 1.54) is 11.1 Å². The van der Waals surface area contributed by atoms with Crippen LogP contribution in [0.3, 0.4) is 0 Å². The third kappa shape index (κ3) is 4.17. The molecule has 0 atom stereocenters. The van der Waals surface area contributed by atoms with Crippen LogP contribution in [0.25, 0.3) is 0 Å². The summed E-state index contributed by atoms with van der Waals surface area (Å²) in [6.07, 6.45) is 3.97. The number of fused-ring (bicyclic) bond motifs is 2. The predicted octanol–water partition coefficient (Wildman–Crippen LogP) is 3.59. The minimum Gasteiger partial charge on any atom is -0.486 e. The number of benzene rings is 2. The molecule has 3 heterocycles. The number of aromatic nitrogens is 2. The molecule has 0 bridgehead atoms. The summed E-state index contributed by atoms with van der Waals surface area (Å²) in [4.78, 5) is 11.8. The van der Waals surface area contributed by atoms with Gasteiger partial charge >= 0.3 is 0 Å². The molecule has 0 amide bonds. The van der Waals surface area contributed by atoms with E-state index in [9.17, 15) is 0 Å². The number of nitrogens with one attached hydrogen (secondary N) is 1. The zero-order valence-electron chi connectivity index (χ0n) is 16.3. The molecule has 1 N–H and O–H groups in total. The van der Waals surface area contributed by atoms with Crippen molar-refractivity contribution in [2.45, 2.75) is 19.4 Å². The van der Waals surface area contributed by atoms with E-state index in [1.807, 2.05) is 24.4 Å². The summed E-state index contributed by atoms with van der Waals surface area (Å²) in [6.45, 7) is 4.16. The van der Waals surface area contributed by atoms with Crippen molar-refractivity contribution in [1.29, 1.82) is 0 Å². The summed E-state index contributed by atoms with van der Waals surface area (Å²) in [5.41, 5.74) is 4.64. The van der Waals surface area contributed by atoms with Crippen LogP contribution in [0.5, 0.6) is 11.5 Å². The number of ether oxygens (including phenoxy) is 2. The highest BCUT2D eigenvalue weighted by molar-refractivity contribution is 5.60. The molecule has 5 rings (SSSR count). The predicted molar refractivity (Wildman–Crippen MR) is 112 cm³/mol. The summed E-state index contributed by atoms with van der Waals surface area (Å²) in [5, 5.41) is 3.29. The maximum atomic E-state index is 5.65. The Hall–Kier alpha value is -3.12. The van der Waals surface area contributed by atoms with E-state index in [0.717, 1.165) is 55.4 Å². The molecule has 2 aliphatic heterocycles. The molecule has 0 spiro atoms. The van der Waals surface area contributed by atoms with Crippen LogP contribution in [0, 0.1) is 0 Å². The molecule has 0 radical (unpaired) electrons. The fraction of sp³-hybridized carbons (Fsp3) is 0.304. The second-order valence-electron chi connectivity index (χ2n) is 7.41. The van der Waals surface area contributed by atoms with Crippen molar-refractivity contribution < 1.29 is 9.47 Å². The minimum absolute atomic E-state index is 0.576. The van der Waals surface area contributed by atoms with Crippen molar-refractivity contribution in [2.24, 2.45) is 0 Å². The average Bonchev–Trinajstić information content (AvgIpc) is 2.78. The van der Waals surface area contributed by atoms with Gasteiger partial charge in [-0.25, -0.2) is 9.97 Å². The number of hydrogen-bond acceptors (Lipinski definition) is 6. The molecule has 6 heteroatoms.